The largest absolute Gasteiger partial charge is 0.316 e. The van der Waals surface area contributed by atoms with Crippen molar-refractivity contribution in [2.45, 2.75) is 18.2 Å². The predicted molar refractivity (Wildman–Crippen MR) is 88.3 cm³/mol. The quantitative estimate of drug-likeness (QED) is 0.651. The van der Waals surface area contributed by atoms with Crippen LogP contribution in [-0.2, 0) is 10.0 Å². The molecule has 0 amide bonds. The number of aryl methyl sites for hydroxylation is 1. The van der Waals surface area contributed by atoms with Gasteiger partial charge in [0, 0.05) is 19.2 Å². The van der Waals surface area contributed by atoms with E-state index in [0.717, 1.165) is 19.5 Å². The van der Waals surface area contributed by atoms with Crippen LogP contribution in [-0.4, -0.2) is 43.8 Å². The van der Waals surface area contributed by atoms with E-state index in [1.54, 1.807) is 13.0 Å². The van der Waals surface area contributed by atoms with Crippen LogP contribution in [0.25, 0.3) is 0 Å². The number of fused-ring (bicyclic) bond motifs is 1. The zero-order valence-electron chi connectivity index (χ0n) is 12.8. The summed E-state index contributed by atoms with van der Waals surface area (Å²) in [5.41, 5.74) is 0.0764. The van der Waals surface area contributed by atoms with Crippen molar-refractivity contribution in [3.05, 3.63) is 33.9 Å². The molecular formula is C14H20ClN3O4S. The van der Waals surface area contributed by atoms with Gasteiger partial charge in [-0.25, -0.2) is 8.42 Å². The SMILES string of the molecule is Cc1cccc([N+](=O)[O-])c1S(=O)(=O)N1CCC2CNCC2C1.Cl. The third kappa shape index (κ3) is 3.21. The standard InChI is InChI=1S/C14H19N3O4S.ClH/c1-10-3-2-4-13(17(18)19)14(10)22(20,21)16-6-5-11-7-15-8-12(11)9-16;/h2-4,11-12,15H,5-9H2,1H3;1H. The van der Waals surface area contributed by atoms with Gasteiger partial charge in [0.2, 0.25) is 10.0 Å². The number of rotatable bonds is 3. The second-order valence-electron chi connectivity index (χ2n) is 6.01. The summed E-state index contributed by atoms with van der Waals surface area (Å²) in [5.74, 6) is 0.810. The van der Waals surface area contributed by atoms with Crippen molar-refractivity contribution < 1.29 is 13.3 Å². The van der Waals surface area contributed by atoms with Gasteiger partial charge >= 0.3 is 0 Å². The summed E-state index contributed by atoms with van der Waals surface area (Å²) in [7, 11) is -3.84. The fourth-order valence-corrected chi connectivity index (χ4v) is 5.34. The molecule has 1 N–H and O–H groups in total. The molecule has 2 saturated heterocycles. The topological polar surface area (TPSA) is 92.5 Å². The van der Waals surface area contributed by atoms with Crippen molar-refractivity contribution in [3.8, 4) is 0 Å². The van der Waals surface area contributed by atoms with Gasteiger partial charge in [-0.1, -0.05) is 12.1 Å². The van der Waals surface area contributed by atoms with Crippen molar-refractivity contribution >= 4 is 28.1 Å². The maximum Gasteiger partial charge on any atom is 0.289 e. The summed E-state index contributed by atoms with van der Waals surface area (Å²) in [6.45, 7) is 4.21. The van der Waals surface area contributed by atoms with Gasteiger partial charge in [-0.2, -0.15) is 4.31 Å². The number of nitro groups is 1. The third-order valence-electron chi connectivity index (χ3n) is 4.65. The molecule has 0 aliphatic carbocycles. The Balaban J connectivity index is 0.00000192. The summed E-state index contributed by atoms with van der Waals surface area (Å²) in [5, 5.41) is 14.5. The molecule has 1 aromatic carbocycles. The van der Waals surface area contributed by atoms with Gasteiger partial charge in [-0.05, 0) is 43.8 Å². The molecule has 0 saturated carbocycles. The smallest absolute Gasteiger partial charge is 0.289 e. The van der Waals surface area contributed by atoms with Crippen molar-refractivity contribution in [2.75, 3.05) is 26.2 Å². The first-order valence-electron chi connectivity index (χ1n) is 7.36. The van der Waals surface area contributed by atoms with Gasteiger partial charge in [-0.3, -0.25) is 10.1 Å². The van der Waals surface area contributed by atoms with Crippen LogP contribution < -0.4 is 5.32 Å². The molecule has 0 spiro atoms. The van der Waals surface area contributed by atoms with Crippen LogP contribution in [0.1, 0.15) is 12.0 Å². The van der Waals surface area contributed by atoms with E-state index in [1.165, 1.54) is 16.4 Å². The van der Waals surface area contributed by atoms with Gasteiger partial charge < -0.3 is 5.32 Å². The van der Waals surface area contributed by atoms with E-state index in [2.05, 4.69) is 5.32 Å². The van der Waals surface area contributed by atoms with Crippen molar-refractivity contribution in [3.63, 3.8) is 0 Å². The Labute approximate surface area is 141 Å². The molecule has 2 fully saturated rings. The summed E-state index contributed by atoms with van der Waals surface area (Å²) >= 11 is 0. The summed E-state index contributed by atoms with van der Waals surface area (Å²) in [6.07, 6.45) is 0.802. The molecule has 2 aliphatic heterocycles. The number of halogens is 1. The molecule has 2 aliphatic rings. The lowest BCUT2D eigenvalue weighted by molar-refractivity contribution is -0.387. The van der Waals surface area contributed by atoms with Gasteiger partial charge in [0.25, 0.3) is 5.69 Å². The molecule has 23 heavy (non-hydrogen) atoms. The minimum atomic E-state index is -3.84. The van der Waals surface area contributed by atoms with Crippen LogP contribution in [0.4, 0.5) is 5.69 Å². The molecule has 0 radical (unpaired) electrons. The first-order valence-corrected chi connectivity index (χ1v) is 8.80. The highest BCUT2D eigenvalue weighted by Gasteiger charge is 2.40. The first-order chi connectivity index (χ1) is 10.4. The zero-order chi connectivity index (χ0) is 15.9. The van der Waals surface area contributed by atoms with Crippen LogP contribution in [0.3, 0.4) is 0 Å². The summed E-state index contributed by atoms with van der Waals surface area (Å²) in [6, 6.07) is 4.37. The Kier molecular flexibility index (Phi) is 5.30. The fraction of sp³-hybridized carbons (Fsp3) is 0.571. The molecule has 7 nitrogen and oxygen atoms in total. The number of nitrogens with one attached hydrogen (secondary N) is 1. The van der Waals surface area contributed by atoms with Crippen molar-refractivity contribution in [1.29, 1.82) is 0 Å². The molecule has 2 atom stereocenters. The fourth-order valence-electron chi connectivity index (χ4n) is 3.47. The molecular weight excluding hydrogens is 342 g/mol. The Morgan fingerprint density at radius 3 is 2.70 bits per heavy atom. The number of hydrogen-bond donors (Lipinski definition) is 1. The van der Waals surface area contributed by atoms with Crippen LogP contribution in [0.5, 0.6) is 0 Å². The second kappa shape index (κ2) is 6.72. The van der Waals surface area contributed by atoms with Crippen LogP contribution in [0.2, 0.25) is 0 Å². The lowest BCUT2D eigenvalue weighted by Gasteiger charge is -2.33. The van der Waals surface area contributed by atoms with Gasteiger partial charge in [0.15, 0.2) is 4.90 Å². The van der Waals surface area contributed by atoms with E-state index >= 15 is 0 Å². The molecule has 2 heterocycles. The van der Waals surface area contributed by atoms with Crippen molar-refractivity contribution in [2.24, 2.45) is 11.8 Å². The third-order valence-corrected chi connectivity index (χ3v) is 6.71. The Morgan fingerprint density at radius 1 is 1.30 bits per heavy atom. The maximum absolute atomic E-state index is 12.9. The number of hydrogen-bond acceptors (Lipinski definition) is 5. The molecule has 9 heteroatoms. The van der Waals surface area contributed by atoms with E-state index in [1.807, 2.05) is 0 Å². The van der Waals surface area contributed by atoms with Crippen molar-refractivity contribution in [1.82, 2.24) is 9.62 Å². The molecule has 3 rings (SSSR count). The maximum atomic E-state index is 12.9. The molecule has 128 valence electrons. The Hall–Kier alpha value is -1.22. The Morgan fingerprint density at radius 2 is 2.00 bits per heavy atom. The highest BCUT2D eigenvalue weighted by atomic mass is 35.5. The van der Waals surface area contributed by atoms with E-state index in [0.29, 0.717) is 30.5 Å². The van der Waals surface area contributed by atoms with Crippen LogP contribution in [0.15, 0.2) is 23.1 Å². The molecule has 2 unspecified atom stereocenters. The van der Waals surface area contributed by atoms with Crippen LogP contribution in [0, 0.1) is 28.9 Å². The molecule has 0 aromatic heterocycles. The van der Waals surface area contributed by atoms with E-state index in [-0.39, 0.29) is 23.0 Å². The molecule has 0 bridgehead atoms. The first kappa shape index (κ1) is 18.1. The number of nitrogens with zero attached hydrogens (tertiary/aromatic N) is 2. The average molecular weight is 362 g/mol. The lowest BCUT2D eigenvalue weighted by Crippen LogP contribution is -2.43. The lowest BCUT2D eigenvalue weighted by atomic mass is 9.90. The van der Waals surface area contributed by atoms with E-state index in [9.17, 15) is 18.5 Å². The minimum absolute atomic E-state index is 0. The van der Waals surface area contributed by atoms with Gasteiger partial charge in [-0.15, -0.1) is 12.4 Å². The molecule has 1 aromatic rings. The average Bonchev–Trinajstić information content (AvgIpc) is 2.93. The summed E-state index contributed by atoms with van der Waals surface area (Å²) < 4.78 is 27.3. The minimum Gasteiger partial charge on any atom is -0.316 e. The predicted octanol–water partition coefficient (Wildman–Crippen LogP) is 1.56. The second-order valence-corrected chi connectivity index (χ2v) is 7.89. The van der Waals surface area contributed by atoms with Gasteiger partial charge in [0.1, 0.15) is 0 Å². The number of nitro benzene ring substituents is 1. The monoisotopic (exact) mass is 361 g/mol. The van der Waals surface area contributed by atoms with Crippen LogP contribution >= 0.6 is 12.4 Å². The number of benzene rings is 1. The highest BCUT2D eigenvalue weighted by molar-refractivity contribution is 7.89. The number of piperidine rings is 1. The van der Waals surface area contributed by atoms with E-state index in [4.69, 9.17) is 0 Å². The zero-order valence-corrected chi connectivity index (χ0v) is 14.4. The normalized spacial score (nSPS) is 24.7. The highest BCUT2D eigenvalue weighted by Crippen LogP contribution is 2.34. The van der Waals surface area contributed by atoms with Gasteiger partial charge in [0.05, 0.1) is 4.92 Å². The number of sulfonamides is 1. The van der Waals surface area contributed by atoms with E-state index < -0.39 is 14.9 Å². The summed E-state index contributed by atoms with van der Waals surface area (Å²) in [4.78, 5) is 10.4. The Bertz CT molecular complexity index is 710.